The Balaban J connectivity index is 2.47. The summed E-state index contributed by atoms with van der Waals surface area (Å²) in [4.78, 5) is 13.1. The predicted octanol–water partition coefficient (Wildman–Crippen LogP) is 0.686. The fraction of sp³-hybridized carbons (Fsp3) is 0.889. The second kappa shape index (κ2) is 4.01. The van der Waals surface area contributed by atoms with Gasteiger partial charge in [0.05, 0.1) is 0 Å². The minimum atomic E-state index is -0.480. The molecule has 0 bridgehead atoms. The highest BCUT2D eigenvalue weighted by atomic mass is 16.5. The van der Waals surface area contributed by atoms with Gasteiger partial charge in [0, 0.05) is 20.2 Å². The van der Waals surface area contributed by atoms with Gasteiger partial charge in [0.1, 0.15) is 5.60 Å². The Bertz CT molecular complexity index is 151. The molecule has 1 aliphatic heterocycles. The van der Waals surface area contributed by atoms with E-state index in [1.807, 2.05) is 0 Å². The zero-order valence-corrected chi connectivity index (χ0v) is 7.88. The molecule has 0 saturated carbocycles. The standard InChI is InChI=1S/C9H17NO2/c1-3-10-6-4-9(8-11,12-2)5-7-10/h8H,3-7H2,1-2H3. The van der Waals surface area contributed by atoms with Crippen molar-refractivity contribution in [3.8, 4) is 0 Å². The first-order chi connectivity index (χ1) is 5.76. The molecule has 1 fully saturated rings. The molecule has 0 amide bonds. The summed E-state index contributed by atoms with van der Waals surface area (Å²) in [5.41, 5.74) is -0.480. The van der Waals surface area contributed by atoms with Crippen LogP contribution in [-0.4, -0.2) is 43.5 Å². The molecule has 0 aromatic heterocycles. The van der Waals surface area contributed by atoms with Gasteiger partial charge in [-0.3, -0.25) is 0 Å². The summed E-state index contributed by atoms with van der Waals surface area (Å²) in [6, 6.07) is 0. The monoisotopic (exact) mass is 171 g/mol. The summed E-state index contributed by atoms with van der Waals surface area (Å²) in [5, 5.41) is 0. The molecular weight excluding hydrogens is 154 g/mol. The Morgan fingerprint density at radius 2 is 2.08 bits per heavy atom. The Labute approximate surface area is 73.7 Å². The maximum absolute atomic E-state index is 10.8. The number of nitrogens with zero attached hydrogens (tertiary/aromatic N) is 1. The van der Waals surface area contributed by atoms with Crippen LogP contribution in [0.15, 0.2) is 0 Å². The lowest BCUT2D eigenvalue weighted by Crippen LogP contribution is -2.46. The lowest BCUT2D eigenvalue weighted by molar-refractivity contribution is -0.133. The molecule has 1 rings (SSSR count). The highest BCUT2D eigenvalue weighted by molar-refractivity contribution is 5.62. The molecule has 0 radical (unpaired) electrons. The second-order valence-electron chi connectivity index (χ2n) is 3.32. The summed E-state index contributed by atoms with van der Waals surface area (Å²) >= 11 is 0. The third-order valence-corrected chi connectivity index (χ3v) is 2.77. The van der Waals surface area contributed by atoms with Crippen LogP contribution >= 0.6 is 0 Å². The largest absolute Gasteiger partial charge is 0.371 e. The molecular formula is C9H17NO2. The lowest BCUT2D eigenvalue weighted by Gasteiger charge is -2.36. The Hall–Kier alpha value is -0.410. The van der Waals surface area contributed by atoms with Crippen LogP contribution in [-0.2, 0) is 9.53 Å². The molecule has 0 atom stereocenters. The van der Waals surface area contributed by atoms with E-state index in [1.165, 1.54) is 0 Å². The summed E-state index contributed by atoms with van der Waals surface area (Å²) in [6.45, 7) is 5.16. The molecule has 0 aromatic carbocycles. The summed E-state index contributed by atoms with van der Waals surface area (Å²) in [7, 11) is 1.62. The van der Waals surface area contributed by atoms with Gasteiger partial charge in [0.15, 0.2) is 6.29 Å². The molecule has 0 aromatic rings. The fourth-order valence-corrected chi connectivity index (χ4v) is 1.62. The van der Waals surface area contributed by atoms with Crippen molar-refractivity contribution in [2.75, 3.05) is 26.7 Å². The number of likely N-dealkylation sites (tertiary alicyclic amines) is 1. The second-order valence-corrected chi connectivity index (χ2v) is 3.32. The minimum Gasteiger partial charge on any atom is -0.371 e. The number of hydrogen-bond acceptors (Lipinski definition) is 3. The average Bonchev–Trinajstić information content (AvgIpc) is 2.18. The van der Waals surface area contributed by atoms with Gasteiger partial charge >= 0.3 is 0 Å². The van der Waals surface area contributed by atoms with Crippen LogP contribution in [0.5, 0.6) is 0 Å². The van der Waals surface area contributed by atoms with Gasteiger partial charge in [-0.1, -0.05) is 6.92 Å². The Morgan fingerprint density at radius 3 is 2.42 bits per heavy atom. The van der Waals surface area contributed by atoms with Crippen molar-refractivity contribution < 1.29 is 9.53 Å². The molecule has 70 valence electrons. The minimum absolute atomic E-state index is 0.480. The number of piperidine rings is 1. The van der Waals surface area contributed by atoms with Crippen molar-refractivity contribution in [2.45, 2.75) is 25.4 Å². The Morgan fingerprint density at radius 1 is 1.50 bits per heavy atom. The zero-order valence-electron chi connectivity index (χ0n) is 7.88. The van der Waals surface area contributed by atoms with E-state index in [4.69, 9.17) is 4.74 Å². The molecule has 0 spiro atoms. The van der Waals surface area contributed by atoms with Crippen LogP contribution in [0.2, 0.25) is 0 Å². The predicted molar refractivity (Wildman–Crippen MR) is 47.2 cm³/mol. The van der Waals surface area contributed by atoms with E-state index >= 15 is 0 Å². The van der Waals surface area contributed by atoms with Crippen LogP contribution < -0.4 is 0 Å². The van der Waals surface area contributed by atoms with Crippen LogP contribution in [0.1, 0.15) is 19.8 Å². The SMILES string of the molecule is CCN1CCC(C=O)(OC)CC1. The van der Waals surface area contributed by atoms with E-state index in [2.05, 4.69) is 11.8 Å². The molecule has 3 heteroatoms. The topological polar surface area (TPSA) is 29.5 Å². The van der Waals surface area contributed by atoms with Gasteiger partial charge in [-0.2, -0.15) is 0 Å². The van der Waals surface area contributed by atoms with Gasteiger partial charge in [0.25, 0.3) is 0 Å². The van der Waals surface area contributed by atoms with E-state index in [1.54, 1.807) is 7.11 Å². The number of carbonyl (C=O) groups is 1. The number of ether oxygens (including phenoxy) is 1. The van der Waals surface area contributed by atoms with Crippen molar-refractivity contribution in [3.05, 3.63) is 0 Å². The van der Waals surface area contributed by atoms with Gasteiger partial charge < -0.3 is 14.4 Å². The van der Waals surface area contributed by atoms with Gasteiger partial charge in [-0.25, -0.2) is 0 Å². The quantitative estimate of drug-likeness (QED) is 0.585. The lowest BCUT2D eigenvalue weighted by atomic mass is 9.93. The van der Waals surface area contributed by atoms with E-state index in [0.29, 0.717) is 0 Å². The van der Waals surface area contributed by atoms with Crippen molar-refractivity contribution in [1.82, 2.24) is 4.90 Å². The normalized spacial score (nSPS) is 23.8. The number of hydrogen-bond donors (Lipinski definition) is 0. The molecule has 1 aliphatic rings. The smallest absolute Gasteiger partial charge is 0.151 e. The van der Waals surface area contributed by atoms with Gasteiger partial charge in [-0.05, 0) is 19.4 Å². The third-order valence-electron chi connectivity index (χ3n) is 2.77. The van der Waals surface area contributed by atoms with Gasteiger partial charge in [0.2, 0.25) is 0 Å². The first-order valence-corrected chi connectivity index (χ1v) is 4.50. The number of rotatable bonds is 3. The van der Waals surface area contributed by atoms with Crippen LogP contribution in [0, 0.1) is 0 Å². The maximum Gasteiger partial charge on any atom is 0.151 e. The first kappa shape index (κ1) is 9.68. The van der Waals surface area contributed by atoms with Crippen LogP contribution in [0.3, 0.4) is 0 Å². The molecule has 12 heavy (non-hydrogen) atoms. The van der Waals surface area contributed by atoms with Crippen molar-refractivity contribution in [1.29, 1.82) is 0 Å². The van der Waals surface area contributed by atoms with Crippen molar-refractivity contribution >= 4 is 6.29 Å². The van der Waals surface area contributed by atoms with Gasteiger partial charge in [-0.15, -0.1) is 0 Å². The van der Waals surface area contributed by atoms with Crippen molar-refractivity contribution in [2.24, 2.45) is 0 Å². The number of carbonyl (C=O) groups excluding carboxylic acids is 1. The molecule has 3 nitrogen and oxygen atoms in total. The number of methoxy groups -OCH3 is 1. The zero-order chi connectivity index (χ0) is 9.03. The average molecular weight is 171 g/mol. The van der Waals surface area contributed by atoms with Crippen LogP contribution in [0.25, 0.3) is 0 Å². The molecule has 1 heterocycles. The summed E-state index contributed by atoms with van der Waals surface area (Å²) in [5.74, 6) is 0. The highest BCUT2D eigenvalue weighted by Gasteiger charge is 2.33. The maximum atomic E-state index is 10.8. The molecule has 0 aliphatic carbocycles. The summed E-state index contributed by atoms with van der Waals surface area (Å²) < 4.78 is 5.23. The summed E-state index contributed by atoms with van der Waals surface area (Å²) in [6.07, 6.45) is 2.63. The molecule has 0 N–H and O–H groups in total. The van der Waals surface area contributed by atoms with E-state index in [0.717, 1.165) is 38.8 Å². The number of aldehydes is 1. The van der Waals surface area contributed by atoms with E-state index in [9.17, 15) is 4.79 Å². The van der Waals surface area contributed by atoms with E-state index in [-0.39, 0.29) is 0 Å². The Kier molecular flexibility index (Phi) is 3.23. The van der Waals surface area contributed by atoms with Crippen molar-refractivity contribution in [3.63, 3.8) is 0 Å². The first-order valence-electron chi connectivity index (χ1n) is 4.50. The van der Waals surface area contributed by atoms with E-state index < -0.39 is 5.60 Å². The van der Waals surface area contributed by atoms with Crippen LogP contribution in [0.4, 0.5) is 0 Å². The third kappa shape index (κ3) is 1.84. The molecule has 0 unspecified atom stereocenters. The fourth-order valence-electron chi connectivity index (χ4n) is 1.62. The molecule has 1 saturated heterocycles. The highest BCUT2D eigenvalue weighted by Crippen LogP contribution is 2.22.